The number of hydrazone groups is 1. The molecule has 0 aliphatic heterocycles. The van der Waals surface area contributed by atoms with E-state index in [2.05, 4.69) is 22.8 Å². The van der Waals surface area contributed by atoms with Gasteiger partial charge in [-0.15, -0.1) is 0 Å². The fourth-order valence-electron chi connectivity index (χ4n) is 1.80. The molecule has 0 radical (unpaired) electrons. The van der Waals surface area contributed by atoms with Gasteiger partial charge in [0, 0.05) is 12.0 Å². The molecule has 0 saturated heterocycles. The lowest BCUT2D eigenvalue weighted by Crippen LogP contribution is -2.36. The molecule has 0 bridgehead atoms. The molecule has 18 heavy (non-hydrogen) atoms. The maximum Gasteiger partial charge on any atom is 0.187 e. The molecule has 1 aliphatic carbocycles. The second-order valence-electron chi connectivity index (χ2n) is 5.06. The number of thiocarbonyl (C=S) groups is 1. The predicted octanol–water partition coefficient (Wildman–Crippen LogP) is 2.61. The molecule has 0 unspecified atom stereocenters. The summed E-state index contributed by atoms with van der Waals surface area (Å²) in [4.78, 5) is 0. The van der Waals surface area contributed by atoms with E-state index in [-0.39, 0.29) is 0 Å². The molecule has 0 spiro atoms. The summed E-state index contributed by atoms with van der Waals surface area (Å²) >= 11 is 5.05. The summed E-state index contributed by atoms with van der Waals surface area (Å²) in [6.07, 6.45) is 2.87. The minimum Gasteiger partial charge on any atom is -0.460 e. The lowest BCUT2D eigenvalue weighted by atomic mass is 10.3. The average molecular weight is 265 g/mol. The molecule has 98 valence electrons. The van der Waals surface area contributed by atoms with Gasteiger partial charge in [0.1, 0.15) is 11.5 Å². The monoisotopic (exact) mass is 265 g/mol. The normalized spacial score (nSPS) is 22.4. The number of nitrogens with zero attached hydrogens (tertiary/aromatic N) is 1. The zero-order valence-corrected chi connectivity index (χ0v) is 11.8. The Labute approximate surface area is 113 Å². The van der Waals surface area contributed by atoms with Crippen molar-refractivity contribution in [3.05, 3.63) is 23.7 Å². The van der Waals surface area contributed by atoms with E-state index < -0.39 is 0 Å². The van der Waals surface area contributed by atoms with Crippen LogP contribution in [0.5, 0.6) is 0 Å². The maximum absolute atomic E-state index is 5.69. The summed E-state index contributed by atoms with van der Waals surface area (Å²) in [5.74, 6) is 3.17. The first-order chi connectivity index (χ1) is 8.56. The van der Waals surface area contributed by atoms with E-state index in [4.69, 9.17) is 16.6 Å². The van der Waals surface area contributed by atoms with Gasteiger partial charge in [0.05, 0.1) is 6.21 Å². The first-order valence-corrected chi connectivity index (χ1v) is 6.66. The van der Waals surface area contributed by atoms with Crippen molar-refractivity contribution in [2.75, 3.05) is 0 Å². The van der Waals surface area contributed by atoms with Gasteiger partial charge in [-0.3, -0.25) is 5.43 Å². The molecular weight excluding hydrogens is 246 g/mol. The lowest BCUT2D eigenvalue weighted by molar-refractivity contribution is 0.500. The van der Waals surface area contributed by atoms with Gasteiger partial charge in [-0.1, -0.05) is 6.92 Å². The summed E-state index contributed by atoms with van der Waals surface area (Å²) in [7, 11) is 0. The van der Waals surface area contributed by atoms with Crippen molar-refractivity contribution in [2.45, 2.75) is 39.2 Å². The Morgan fingerprint density at radius 1 is 1.56 bits per heavy atom. The SMILES string of the molecule is CC(C)NC(=S)N/N=C\c1ccc([C@@H]2C[C@H]2C)o1. The van der Waals surface area contributed by atoms with Crippen LogP contribution in [0.2, 0.25) is 0 Å². The van der Waals surface area contributed by atoms with Gasteiger partial charge >= 0.3 is 0 Å². The highest BCUT2D eigenvalue weighted by molar-refractivity contribution is 7.80. The van der Waals surface area contributed by atoms with Crippen molar-refractivity contribution in [3.8, 4) is 0 Å². The zero-order chi connectivity index (χ0) is 13.1. The summed E-state index contributed by atoms with van der Waals surface area (Å²) in [6, 6.07) is 4.26. The van der Waals surface area contributed by atoms with Crippen LogP contribution in [0.15, 0.2) is 21.7 Å². The van der Waals surface area contributed by atoms with E-state index in [0.717, 1.165) is 17.4 Å². The Morgan fingerprint density at radius 3 is 2.89 bits per heavy atom. The van der Waals surface area contributed by atoms with Crippen LogP contribution in [0.1, 0.15) is 44.6 Å². The Kier molecular flexibility index (Phi) is 4.01. The molecule has 0 aromatic carbocycles. The van der Waals surface area contributed by atoms with Crippen LogP contribution in [0.4, 0.5) is 0 Å². The van der Waals surface area contributed by atoms with Crippen LogP contribution < -0.4 is 10.7 Å². The molecule has 1 aromatic heterocycles. The third-order valence-corrected chi connectivity index (χ3v) is 3.11. The number of hydrogen-bond acceptors (Lipinski definition) is 3. The van der Waals surface area contributed by atoms with E-state index in [0.29, 0.717) is 17.1 Å². The topological polar surface area (TPSA) is 49.6 Å². The molecule has 2 N–H and O–H groups in total. The molecule has 0 amide bonds. The second kappa shape index (κ2) is 5.52. The molecule has 1 aliphatic rings. The summed E-state index contributed by atoms with van der Waals surface area (Å²) in [6.45, 7) is 6.28. The number of hydrogen-bond donors (Lipinski definition) is 2. The largest absolute Gasteiger partial charge is 0.460 e. The standard InChI is InChI=1S/C13H19N3OS/c1-8(2)15-13(18)16-14-7-10-4-5-12(17-10)11-6-9(11)3/h4-5,7-9,11H,6H2,1-3H3,(H2,15,16,18)/b14-7-/t9-,11-/m1/s1. The Morgan fingerprint density at radius 2 is 2.28 bits per heavy atom. The van der Waals surface area contributed by atoms with Crippen LogP contribution in [0, 0.1) is 5.92 Å². The number of nitrogens with one attached hydrogen (secondary N) is 2. The van der Waals surface area contributed by atoms with E-state index in [1.54, 1.807) is 6.21 Å². The van der Waals surface area contributed by atoms with E-state index in [1.165, 1.54) is 6.42 Å². The molecule has 5 heteroatoms. The fraction of sp³-hybridized carbons (Fsp3) is 0.538. The molecular formula is C13H19N3OS. The van der Waals surface area contributed by atoms with E-state index >= 15 is 0 Å². The molecule has 1 saturated carbocycles. The fourth-order valence-corrected chi connectivity index (χ4v) is 2.09. The zero-order valence-electron chi connectivity index (χ0n) is 10.9. The lowest BCUT2D eigenvalue weighted by Gasteiger charge is -2.08. The molecule has 2 rings (SSSR count). The maximum atomic E-state index is 5.69. The highest BCUT2D eigenvalue weighted by Crippen LogP contribution is 2.47. The van der Waals surface area contributed by atoms with E-state index in [9.17, 15) is 0 Å². The van der Waals surface area contributed by atoms with Crippen molar-refractivity contribution in [1.29, 1.82) is 0 Å². The van der Waals surface area contributed by atoms with Crippen LogP contribution in [-0.4, -0.2) is 17.4 Å². The van der Waals surface area contributed by atoms with Gasteiger partial charge in [0.15, 0.2) is 5.11 Å². The smallest absolute Gasteiger partial charge is 0.187 e. The molecule has 4 nitrogen and oxygen atoms in total. The van der Waals surface area contributed by atoms with Crippen LogP contribution in [0.3, 0.4) is 0 Å². The summed E-state index contributed by atoms with van der Waals surface area (Å²) in [5, 5.41) is 7.60. The van der Waals surface area contributed by atoms with Gasteiger partial charge in [0.25, 0.3) is 0 Å². The highest BCUT2D eigenvalue weighted by atomic mass is 32.1. The molecule has 1 heterocycles. The third-order valence-electron chi connectivity index (χ3n) is 2.90. The Bertz CT molecular complexity index is 453. The quantitative estimate of drug-likeness (QED) is 0.499. The van der Waals surface area contributed by atoms with Crippen molar-refractivity contribution in [1.82, 2.24) is 10.7 Å². The molecule has 1 aromatic rings. The third kappa shape index (κ3) is 3.57. The van der Waals surface area contributed by atoms with Crippen molar-refractivity contribution >= 4 is 23.5 Å². The van der Waals surface area contributed by atoms with Crippen molar-refractivity contribution < 1.29 is 4.42 Å². The second-order valence-corrected chi connectivity index (χ2v) is 5.47. The summed E-state index contributed by atoms with van der Waals surface area (Å²) < 4.78 is 5.69. The van der Waals surface area contributed by atoms with E-state index in [1.807, 2.05) is 26.0 Å². The molecule has 2 atom stereocenters. The van der Waals surface area contributed by atoms with Gasteiger partial charge in [-0.2, -0.15) is 5.10 Å². The minimum absolute atomic E-state index is 0.298. The highest BCUT2D eigenvalue weighted by Gasteiger charge is 2.36. The van der Waals surface area contributed by atoms with Crippen LogP contribution in [-0.2, 0) is 0 Å². The van der Waals surface area contributed by atoms with Gasteiger partial charge in [-0.05, 0) is 50.5 Å². The first-order valence-electron chi connectivity index (χ1n) is 6.25. The summed E-state index contributed by atoms with van der Waals surface area (Å²) in [5.41, 5.74) is 2.76. The Balaban J connectivity index is 1.82. The van der Waals surface area contributed by atoms with Crippen molar-refractivity contribution in [2.24, 2.45) is 11.0 Å². The predicted molar refractivity (Wildman–Crippen MR) is 76.8 cm³/mol. The van der Waals surface area contributed by atoms with Gasteiger partial charge < -0.3 is 9.73 Å². The molecule has 1 fully saturated rings. The Hall–Kier alpha value is -1.36. The average Bonchev–Trinajstić information content (AvgIpc) is 2.83. The number of rotatable bonds is 4. The van der Waals surface area contributed by atoms with Crippen LogP contribution in [0.25, 0.3) is 0 Å². The van der Waals surface area contributed by atoms with Crippen molar-refractivity contribution in [3.63, 3.8) is 0 Å². The number of furan rings is 1. The van der Waals surface area contributed by atoms with Gasteiger partial charge in [-0.25, -0.2) is 0 Å². The van der Waals surface area contributed by atoms with Gasteiger partial charge in [0.2, 0.25) is 0 Å². The van der Waals surface area contributed by atoms with Crippen LogP contribution >= 0.6 is 12.2 Å². The first kappa shape index (κ1) is 13.1. The minimum atomic E-state index is 0.298.